The fourth-order valence-electron chi connectivity index (χ4n) is 1.79. The lowest BCUT2D eigenvalue weighted by molar-refractivity contribution is -0.238. The third kappa shape index (κ3) is 4.61. The zero-order valence-electron chi connectivity index (χ0n) is 12.5. The molecule has 0 aromatic carbocycles. The summed E-state index contributed by atoms with van der Waals surface area (Å²) < 4.78 is 57.5. The number of hydrogen-bond acceptors (Lipinski definition) is 2. The van der Waals surface area contributed by atoms with Crippen molar-refractivity contribution in [2.75, 3.05) is 13.2 Å². The normalized spacial score (nSPS) is 16.1. The van der Waals surface area contributed by atoms with Crippen molar-refractivity contribution in [3.05, 3.63) is 0 Å². The molecule has 0 rings (SSSR count). The van der Waals surface area contributed by atoms with E-state index in [1.807, 2.05) is 5.32 Å². The summed E-state index contributed by atoms with van der Waals surface area (Å²) in [6.45, 7) is 7.70. The van der Waals surface area contributed by atoms with Gasteiger partial charge in [-0.3, -0.25) is 4.79 Å². The first-order valence-corrected chi connectivity index (χ1v) is 6.56. The molecule has 0 saturated heterocycles. The van der Waals surface area contributed by atoms with E-state index in [0.717, 1.165) is 13.8 Å². The molecule has 1 atom stereocenters. The topological polar surface area (TPSA) is 38.3 Å². The lowest BCUT2D eigenvalue weighted by atomic mass is 9.90. The zero-order valence-corrected chi connectivity index (χ0v) is 12.5. The number of rotatable bonds is 7. The summed E-state index contributed by atoms with van der Waals surface area (Å²) in [7, 11) is 0. The fourth-order valence-corrected chi connectivity index (χ4v) is 1.79. The summed E-state index contributed by atoms with van der Waals surface area (Å²) in [4.78, 5) is 11.5. The highest BCUT2D eigenvalue weighted by molar-refractivity contribution is 5.86. The Morgan fingerprint density at radius 1 is 1.20 bits per heavy atom. The molecule has 0 heterocycles. The van der Waals surface area contributed by atoms with Gasteiger partial charge in [0.05, 0.1) is 5.60 Å². The monoisotopic (exact) mass is 301 g/mol. The summed E-state index contributed by atoms with van der Waals surface area (Å²) in [5.74, 6) is -3.14. The van der Waals surface area contributed by atoms with Gasteiger partial charge in [0.25, 0.3) is 11.6 Å². The minimum atomic E-state index is -5.24. The molecule has 3 nitrogen and oxygen atoms in total. The number of carbonyl (C=O) groups is 1. The van der Waals surface area contributed by atoms with Gasteiger partial charge in [-0.2, -0.15) is 13.2 Å². The van der Waals surface area contributed by atoms with Crippen LogP contribution in [0, 0.1) is 5.92 Å². The number of nitrogens with one attached hydrogen (secondary N) is 1. The molecular formula is C13H23F4NO2. The van der Waals surface area contributed by atoms with Crippen LogP contribution in [0.1, 0.15) is 41.0 Å². The van der Waals surface area contributed by atoms with Crippen LogP contribution in [0.25, 0.3) is 0 Å². The summed E-state index contributed by atoms with van der Waals surface area (Å²) in [5.41, 5.74) is -4.46. The molecule has 0 fully saturated rings. The molecule has 1 unspecified atom stereocenters. The van der Waals surface area contributed by atoms with E-state index >= 15 is 0 Å². The second-order valence-corrected chi connectivity index (χ2v) is 5.56. The van der Waals surface area contributed by atoms with Crippen LogP contribution in [0.5, 0.6) is 0 Å². The van der Waals surface area contributed by atoms with Crippen molar-refractivity contribution in [2.24, 2.45) is 5.92 Å². The Morgan fingerprint density at radius 2 is 1.70 bits per heavy atom. The molecule has 0 saturated carbocycles. The average Bonchev–Trinajstić information content (AvgIpc) is 2.25. The largest absolute Gasteiger partial charge is 0.431 e. The van der Waals surface area contributed by atoms with Crippen LogP contribution in [0.15, 0.2) is 0 Å². The molecule has 0 aromatic rings. The number of alkyl halides is 4. The third-order valence-corrected chi connectivity index (χ3v) is 3.09. The van der Waals surface area contributed by atoms with Crippen molar-refractivity contribution < 1.29 is 27.1 Å². The minimum Gasteiger partial charge on any atom is -0.376 e. The summed E-state index contributed by atoms with van der Waals surface area (Å²) in [6, 6.07) is 0. The highest BCUT2D eigenvalue weighted by Gasteiger charge is 2.63. The molecule has 20 heavy (non-hydrogen) atoms. The quantitative estimate of drug-likeness (QED) is 0.733. The Hall–Kier alpha value is -0.850. The summed E-state index contributed by atoms with van der Waals surface area (Å²) in [6.07, 6.45) is -4.95. The molecule has 0 aliphatic carbocycles. The van der Waals surface area contributed by atoms with Gasteiger partial charge < -0.3 is 10.1 Å². The van der Waals surface area contributed by atoms with E-state index in [4.69, 9.17) is 4.74 Å². The molecular weight excluding hydrogens is 278 g/mol. The zero-order chi connectivity index (χ0) is 16.2. The molecule has 0 spiro atoms. The molecule has 0 aliphatic heterocycles. The highest BCUT2D eigenvalue weighted by atomic mass is 19.4. The van der Waals surface area contributed by atoms with E-state index in [2.05, 4.69) is 0 Å². The van der Waals surface area contributed by atoms with E-state index in [-0.39, 0.29) is 6.54 Å². The van der Waals surface area contributed by atoms with Gasteiger partial charge in [-0.25, -0.2) is 4.39 Å². The average molecular weight is 301 g/mol. The Bertz CT molecular complexity index is 329. The molecule has 1 amide bonds. The van der Waals surface area contributed by atoms with E-state index in [9.17, 15) is 22.4 Å². The van der Waals surface area contributed by atoms with Crippen molar-refractivity contribution in [3.63, 3.8) is 0 Å². The number of ether oxygens (including phenoxy) is 1. The van der Waals surface area contributed by atoms with Gasteiger partial charge in [0.2, 0.25) is 0 Å². The number of hydrogen-bond donors (Lipinski definition) is 1. The van der Waals surface area contributed by atoms with E-state index in [1.54, 1.807) is 20.8 Å². The lowest BCUT2D eigenvalue weighted by Crippen LogP contribution is -2.57. The standard InChI is InChI=1S/C13H23F4NO2/c1-6-20-11(4,5)7-8-18-10(19)12(14,9(2)3)13(15,16)17/h9H,6-8H2,1-5H3,(H,18,19). The van der Waals surface area contributed by atoms with Gasteiger partial charge in [-0.05, 0) is 27.2 Å². The second-order valence-electron chi connectivity index (χ2n) is 5.56. The van der Waals surface area contributed by atoms with E-state index in [1.165, 1.54) is 0 Å². The van der Waals surface area contributed by atoms with Crippen LogP contribution in [0.3, 0.4) is 0 Å². The van der Waals surface area contributed by atoms with Crippen LogP contribution in [0.2, 0.25) is 0 Å². The molecule has 0 aliphatic rings. The van der Waals surface area contributed by atoms with Gasteiger partial charge in [0, 0.05) is 19.1 Å². The van der Waals surface area contributed by atoms with Crippen molar-refractivity contribution >= 4 is 5.91 Å². The van der Waals surface area contributed by atoms with Gasteiger partial charge >= 0.3 is 6.18 Å². The maximum Gasteiger partial charge on any atom is 0.431 e. The predicted octanol–water partition coefficient (Wildman–Crippen LogP) is 3.23. The highest BCUT2D eigenvalue weighted by Crippen LogP contribution is 2.40. The van der Waals surface area contributed by atoms with Crippen LogP contribution in [-0.4, -0.2) is 36.5 Å². The molecule has 7 heteroatoms. The minimum absolute atomic E-state index is 0.0830. The number of halogens is 4. The van der Waals surface area contributed by atoms with Crippen LogP contribution >= 0.6 is 0 Å². The van der Waals surface area contributed by atoms with Crippen molar-refractivity contribution in [3.8, 4) is 0 Å². The molecule has 0 aromatic heterocycles. The smallest absolute Gasteiger partial charge is 0.376 e. The van der Waals surface area contributed by atoms with Crippen LogP contribution in [-0.2, 0) is 9.53 Å². The Kier molecular flexibility index (Phi) is 6.45. The first-order chi connectivity index (χ1) is 8.88. The van der Waals surface area contributed by atoms with Crippen molar-refractivity contribution in [2.45, 2.75) is 58.5 Å². The maximum atomic E-state index is 14.0. The number of amides is 1. The SMILES string of the molecule is CCOC(C)(C)CCNC(=O)C(F)(C(C)C)C(F)(F)F. The van der Waals surface area contributed by atoms with E-state index in [0.29, 0.717) is 13.0 Å². The lowest BCUT2D eigenvalue weighted by Gasteiger charge is -2.31. The molecule has 1 N–H and O–H groups in total. The summed E-state index contributed by atoms with van der Waals surface area (Å²) in [5, 5.41) is 2.01. The Balaban J connectivity index is 4.67. The van der Waals surface area contributed by atoms with Crippen molar-refractivity contribution in [1.29, 1.82) is 0 Å². The van der Waals surface area contributed by atoms with Gasteiger partial charge in [-0.1, -0.05) is 13.8 Å². The first kappa shape index (κ1) is 19.1. The summed E-state index contributed by atoms with van der Waals surface area (Å²) >= 11 is 0. The molecule has 120 valence electrons. The van der Waals surface area contributed by atoms with Crippen LogP contribution in [0.4, 0.5) is 17.6 Å². The molecule has 0 bridgehead atoms. The second kappa shape index (κ2) is 6.74. The van der Waals surface area contributed by atoms with Gasteiger partial charge in [0.1, 0.15) is 0 Å². The predicted molar refractivity (Wildman–Crippen MR) is 68.1 cm³/mol. The van der Waals surface area contributed by atoms with Gasteiger partial charge in [0.15, 0.2) is 0 Å². The van der Waals surface area contributed by atoms with Crippen molar-refractivity contribution in [1.82, 2.24) is 5.32 Å². The van der Waals surface area contributed by atoms with Crippen LogP contribution < -0.4 is 5.32 Å². The number of carbonyl (C=O) groups excluding carboxylic acids is 1. The first-order valence-electron chi connectivity index (χ1n) is 6.56. The third-order valence-electron chi connectivity index (χ3n) is 3.09. The fraction of sp³-hybridized carbons (Fsp3) is 0.923. The Morgan fingerprint density at radius 3 is 2.05 bits per heavy atom. The Labute approximate surface area is 117 Å². The maximum absolute atomic E-state index is 14.0. The van der Waals surface area contributed by atoms with Gasteiger partial charge in [-0.15, -0.1) is 0 Å². The molecule has 0 radical (unpaired) electrons. The van der Waals surface area contributed by atoms with E-state index < -0.39 is 29.3 Å².